The number of hydrogen-bond donors (Lipinski definition) is 2. The minimum Gasteiger partial charge on any atom is -0.508 e. The number of aliphatic hydroxyl groups excluding tert-OH is 1. The average molecular weight is 318 g/mol. The van der Waals surface area contributed by atoms with E-state index in [0.29, 0.717) is 11.8 Å². The lowest BCUT2D eigenvalue weighted by Gasteiger charge is -2.35. The van der Waals surface area contributed by atoms with Gasteiger partial charge in [-0.1, -0.05) is 12.1 Å². The molecule has 118 valence electrons. The van der Waals surface area contributed by atoms with E-state index < -0.39 is 0 Å². The molecule has 1 aromatic heterocycles. The van der Waals surface area contributed by atoms with Crippen LogP contribution in [0.4, 0.5) is 0 Å². The monoisotopic (exact) mass is 318 g/mol. The largest absolute Gasteiger partial charge is 0.508 e. The van der Waals surface area contributed by atoms with Crippen molar-refractivity contribution >= 4 is 11.3 Å². The van der Waals surface area contributed by atoms with E-state index in [1.54, 1.807) is 17.4 Å². The third-order valence-electron chi connectivity index (χ3n) is 4.33. The van der Waals surface area contributed by atoms with Crippen LogP contribution in [0.5, 0.6) is 5.75 Å². The van der Waals surface area contributed by atoms with Crippen molar-refractivity contribution < 1.29 is 10.2 Å². The van der Waals surface area contributed by atoms with E-state index in [0.717, 1.165) is 50.0 Å². The molecule has 0 bridgehead atoms. The molecular formula is C17H22N2O2S. The van der Waals surface area contributed by atoms with Crippen molar-refractivity contribution in [2.24, 2.45) is 0 Å². The maximum absolute atomic E-state index is 9.73. The van der Waals surface area contributed by atoms with Crippen molar-refractivity contribution in [1.82, 2.24) is 9.88 Å². The fourth-order valence-corrected chi connectivity index (χ4v) is 3.70. The summed E-state index contributed by atoms with van der Waals surface area (Å²) in [5.74, 6) is 0.310. The summed E-state index contributed by atoms with van der Waals surface area (Å²) in [7, 11) is 0. The number of benzene rings is 1. The number of thiazole rings is 1. The maximum atomic E-state index is 9.73. The molecule has 1 aromatic carbocycles. The van der Waals surface area contributed by atoms with E-state index in [4.69, 9.17) is 0 Å². The number of aromatic nitrogens is 1. The Balaban J connectivity index is 1.73. The van der Waals surface area contributed by atoms with E-state index in [1.165, 1.54) is 0 Å². The van der Waals surface area contributed by atoms with E-state index in [2.05, 4.69) is 15.3 Å². The van der Waals surface area contributed by atoms with Gasteiger partial charge in [0, 0.05) is 24.5 Å². The highest BCUT2D eigenvalue weighted by Gasteiger charge is 2.25. The van der Waals surface area contributed by atoms with Crippen LogP contribution < -0.4 is 0 Å². The second-order valence-electron chi connectivity index (χ2n) is 6.02. The summed E-state index contributed by atoms with van der Waals surface area (Å²) in [4.78, 5) is 6.83. The highest BCUT2D eigenvalue weighted by molar-refractivity contribution is 7.07. The van der Waals surface area contributed by atoms with Crippen molar-refractivity contribution in [3.05, 3.63) is 46.4 Å². The molecule has 5 heteroatoms. The predicted octanol–water partition coefficient (Wildman–Crippen LogP) is 3.15. The molecule has 0 radical (unpaired) electrons. The normalized spacial score (nSPS) is 22.1. The van der Waals surface area contributed by atoms with Gasteiger partial charge in [0.25, 0.3) is 0 Å². The third-order valence-corrected chi connectivity index (χ3v) is 4.96. The average Bonchev–Trinajstić information content (AvgIpc) is 3.00. The van der Waals surface area contributed by atoms with Gasteiger partial charge in [-0.15, -0.1) is 11.3 Å². The van der Waals surface area contributed by atoms with Crippen LogP contribution in [0.25, 0.3) is 0 Å². The fourth-order valence-electron chi connectivity index (χ4n) is 3.15. The Morgan fingerprint density at radius 2 is 2.00 bits per heavy atom. The van der Waals surface area contributed by atoms with Crippen LogP contribution in [0.3, 0.4) is 0 Å². The standard InChI is InChI=1S/C17H22N2O2S/c20-16-6-4-15(5-7-16)19(10-14-11-22-12-18-14)9-13-2-1-3-17(21)8-13/h1-3,8,11-12,15-16,20-21H,4-7,9-10H2. The molecule has 1 heterocycles. The van der Waals surface area contributed by atoms with Crippen molar-refractivity contribution in [3.8, 4) is 5.75 Å². The van der Waals surface area contributed by atoms with Crippen molar-refractivity contribution in [3.63, 3.8) is 0 Å². The third kappa shape index (κ3) is 4.06. The Morgan fingerprint density at radius 1 is 1.18 bits per heavy atom. The molecule has 0 atom stereocenters. The number of nitrogens with zero attached hydrogens (tertiary/aromatic N) is 2. The van der Waals surface area contributed by atoms with Crippen LogP contribution in [0.1, 0.15) is 36.9 Å². The topological polar surface area (TPSA) is 56.6 Å². The first-order valence-electron chi connectivity index (χ1n) is 7.78. The van der Waals surface area contributed by atoms with Crippen molar-refractivity contribution in [2.75, 3.05) is 0 Å². The first-order valence-corrected chi connectivity index (χ1v) is 8.72. The lowest BCUT2D eigenvalue weighted by Crippen LogP contribution is -2.38. The molecule has 1 aliphatic carbocycles. The van der Waals surface area contributed by atoms with Gasteiger partial charge in [-0.2, -0.15) is 0 Å². The molecule has 0 aliphatic heterocycles. The van der Waals surface area contributed by atoms with Gasteiger partial charge in [-0.3, -0.25) is 4.90 Å². The molecule has 1 aliphatic rings. The van der Waals surface area contributed by atoms with Crippen LogP contribution in [0, 0.1) is 0 Å². The smallest absolute Gasteiger partial charge is 0.115 e. The first kappa shape index (κ1) is 15.5. The van der Waals surface area contributed by atoms with Crippen molar-refractivity contribution in [2.45, 2.75) is 50.9 Å². The molecule has 3 rings (SSSR count). The zero-order chi connectivity index (χ0) is 15.4. The van der Waals surface area contributed by atoms with Gasteiger partial charge in [-0.05, 0) is 43.4 Å². The zero-order valence-electron chi connectivity index (χ0n) is 12.6. The Morgan fingerprint density at radius 3 is 2.68 bits per heavy atom. The molecule has 22 heavy (non-hydrogen) atoms. The summed E-state index contributed by atoms with van der Waals surface area (Å²) in [5.41, 5.74) is 4.07. The van der Waals surface area contributed by atoms with Crippen LogP contribution in [-0.2, 0) is 13.1 Å². The quantitative estimate of drug-likeness (QED) is 0.889. The summed E-state index contributed by atoms with van der Waals surface area (Å²) in [6.45, 7) is 1.62. The molecule has 0 unspecified atom stereocenters. The zero-order valence-corrected chi connectivity index (χ0v) is 13.4. The molecule has 2 aromatic rings. The Kier molecular flexibility index (Phi) is 5.08. The summed E-state index contributed by atoms with van der Waals surface area (Å²) in [6.07, 6.45) is 3.64. The molecule has 0 amide bonds. The number of hydrogen-bond acceptors (Lipinski definition) is 5. The second kappa shape index (κ2) is 7.22. The number of aromatic hydroxyl groups is 1. The predicted molar refractivity (Wildman–Crippen MR) is 87.7 cm³/mol. The molecular weight excluding hydrogens is 296 g/mol. The van der Waals surface area contributed by atoms with Gasteiger partial charge in [-0.25, -0.2) is 4.98 Å². The number of phenols is 1. The Hall–Kier alpha value is -1.43. The van der Waals surface area contributed by atoms with Crippen LogP contribution in [0.15, 0.2) is 35.2 Å². The highest BCUT2D eigenvalue weighted by atomic mass is 32.1. The second-order valence-corrected chi connectivity index (χ2v) is 6.74. The fraction of sp³-hybridized carbons (Fsp3) is 0.471. The summed E-state index contributed by atoms with van der Waals surface area (Å²) < 4.78 is 0. The summed E-state index contributed by atoms with van der Waals surface area (Å²) >= 11 is 1.62. The van der Waals surface area contributed by atoms with Gasteiger partial charge >= 0.3 is 0 Å². The molecule has 4 nitrogen and oxygen atoms in total. The Bertz CT molecular complexity index is 580. The van der Waals surface area contributed by atoms with Gasteiger partial charge in [0.05, 0.1) is 17.3 Å². The molecule has 0 spiro atoms. The molecule has 0 saturated heterocycles. The highest BCUT2D eigenvalue weighted by Crippen LogP contribution is 2.26. The lowest BCUT2D eigenvalue weighted by molar-refractivity contribution is 0.0660. The van der Waals surface area contributed by atoms with E-state index in [9.17, 15) is 10.2 Å². The maximum Gasteiger partial charge on any atom is 0.115 e. The number of phenolic OH excluding ortho intramolecular Hbond substituents is 1. The van der Waals surface area contributed by atoms with E-state index >= 15 is 0 Å². The number of rotatable bonds is 5. The number of aliphatic hydroxyl groups is 1. The minimum absolute atomic E-state index is 0.141. The molecule has 2 N–H and O–H groups in total. The van der Waals surface area contributed by atoms with E-state index in [-0.39, 0.29) is 6.10 Å². The summed E-state index contributed by atoms with van der Waals surface area (Å²) in [6, 6.07) is 7.92. The Labute approximate surface area is 135 Å². The van der Waals surface area contributed by atoms with Gasteiger partial charge in [0.1, 0.15) is 5.75 Å². The van der Waals surface area contributed by atoms with Crippen LogP contribution >= 0.6 is 11.3 Å². The van der Waals surface area contributed by atoms with Gasteiger partial charge < -0.3 is 10.2 Å². The van der Waals surface area contributed by atoms with Gasteiger partial charge in [0.15, 0.2) is 0 Å². The van der Waals surface area contributed by atoms with E-state index in [1.807, 2.05) is 23.7 Å². The van der Waals surface area contributed by atoms with Gasteiger partial charge in [0.2, 0.25) is 0 Å². The minimum atomic E-state index is -0.141. The van der Waals surface area contributed by atoms with Crippen LogP contribution in [0.2, 0.25) is 0 Å². The van der Waals surface area contributed by atoms with Crippen LogP contribution in [-0.4, -0.2) is 32.2 Å². The molecule has 1 fully saturated rings. The summed E-state index contributed by atoms with van der Waals surface area (Å²) in [5, 5.41) is 21.5. The lowest BCUT2D eigenvalue weighted by atomic mass is 9.91. The van der Waals surface area contributed by atoms with Crippen molar-refractivity contribution in [1.29, 1.82) is 0 Å². The SMILES string of the molecule is Oc1cccc(CN(Cc2cscn2)C2CCC(O)CC2)c1. The first-order chi connectivity index (χ1) is 10.7. The molecule has 1 saturated carbocycles.